The molecule has 2 amide bonds. The molecule has 8 heteroatoms. The zero-order valence-electron chi connectivity index (χ0n) is 17.0. The van der Waals surface area contributed by atoms with Gasteiger partial charge in [-0.15, -0.1) is 0 Å². The molecular weight excluding hydrogens is 379 g/mol. The van der Waals surface area contributed by atoms with Gasteiger partial charge in [-0.3, -0.25) is 9.59 Å². The molecule has 0 aliphatic rings. The van der Waals surface area contributed by atoms with Gasteiger partial charge < -0.3 is 24.8 Å². The van der Waals surface area contributed by atoms with Gasteiger partial charge in [-0.05, 0) is 42.3 Å². The Labute approximate surface area is 169 Å². The summed E-state index contributed by atoms with van der Waals surface area (Å²) in [5.41, 5.74) is 0.684. The van der Waals surface area contributed by atoms with Crippen LogP contribution in [0.2, 0.25) is 0 Å². The summed E-state index contributed by atoms with van der Waals surface area (Å²) < 4.78 is 28.8. The lowest BCUT2D eigenvalue weighted by molar-refractivity contribution is -0.118. The van der Waals surface area contributed by atoms with Crippen LogP contribution < -0.4 is 24.8 Å². The Kier molecular flexibility index (Phi) is 7.41. The van der Waals surface area contributed by atoms with Gasteiger partial charge in [-0.1, -0.05) is 13.8 Å². The minimum atomic E-state index is -0.813. The Bertz CT molecular complexity index is 843. The van der Waals surface area contributed by atoms with Crippen LogP contribution in [0.4, 0.5) is 10.1 Å². The SMILES string of the molecule is COc1cc(C(=O)N[C@@H](C(=O)Nc2ccc(F)cc2)C(C)C)cc(OC)c1OC. The van der Waals surface area contributed by atoms with E-state index in [1.165, 1.54) is 57.7 Å². The van der Waals surface area contributed by atoms with Crippen molar-refractivity contribution in [3.63, 3.8) is 0 Å². The van der Waals surface area contributed by atoms with Crippen molar-refractivity contribution in [2.45, 2.75) is 19.9 Å². The summed E-state index contributed by atoms with van der Waals surface area (Å²) in [6.45, 7) is 3.62. The van der Waals surface area contributed by atoms with Crippen LogP contribution in [-0.2, 0) is 4.79 Å². The fraction of sp³-hybridized carbons (Fsp3) is 0.333. The van der Waals surface area contributed by atoms with Crippen LogP contribution in [-0.4, -0.2) is 39.2 Å². The molecule has 1 atom stereocenters. The number of amides is 2. The predicted octanol–water partition coefficient (Wildman–Crippen LogP) is 3.24. The van der Waals surface area contributed by atoms with Crippen LogP contribution in [0.25, 0.3) is 0 Å². The summed E-state index contributed by atoms with van der Waals surface area (Å²) >= 11 is 0. The first kappa shape index (κ1) is 22.0. The van der Waals surface area contributed by atoms with Crippen molar-refractivity contribution in [3.05, 3.63) is 47.8 Å². The maximum Gasteiger partial charge on any atom is 0.252 e. The number of benzene rings is 2. The van der Waals surface area contributed by atoms with Crippen molar-refractivity contribution in [1.82, 2.24) is 5.32 Å². The van der Waals surface area contributed by atoms with Crippen molar-refractivity contribution in [3.8, 4) is 17.2 Å². The van der Waals surface area contributed by atoms with E-state index >= 15 is 0 Å². The number of carbonyl (C=O) groups is 2. The van der Waals surface area contributed by atoms with Gasteiger partial charge >= 0.3 is 0 Å². The third kappa shape index (κ3) is 5.37. The van der Waals surface area contributed by atoms with Crippen molar-refractivity contribution >= 4 is 17.5 Å². The largest absolute Gasteiger partial charge is 0.493 e. The number of anilines is 1. The topological polar surface area (TPSA) is 85.9 Å². The number of nitrogens with one attached hydrogen (secondary N) is 2. The van der Waals surface area contributed by atoms with E-state index in [2.05, 4.69) is 10.6 Å². The fourth-order valence-electron chi connectivity index (χ4n) is 2.72. The molecule has 2 N–H and O–H groups in total. The molecule has 2 rings (SSSR count). The van der Waals surface area contributed by atoms with Crippen LogP contribution in [0.5, 0.6) is 17.2 Å². The molecule has 7 nitrogen and oxygen atoms in total. The van der Waals surface area contributed by atoms with Crippen LogP contribution in [0.3, 0.4) is 0 Å². The Morgan fingerprint density at radius 2 is 1.48 bits per heavy atom. The van der Waals surface area contributed by atoms with Crippen LogP contribution in [0.1, 0.15) is 24.2 Å². The second-order valence-electron chi connectivity index (χ2n) is 6.61. The first-order chi connectivity index (χ1) is 13.8. The van der Waals surface area contributed by atoms with Gasteiger partial charge in [-0.25, -0.2) is 4.39 Å². The molecule has 0 aliphatic heterocycles. The van der Waals surface area contributed by atoms with Crippen LogP contribution in [0.15, 0.2) is 36.4 Å². The molecule has 0 fully saturated rings. The number of methoxy groups -OCH3 is 3. The maximum absolute atomic E-state index is 13.0. The van der Waals surface area contributed by atoms with Gasteiger partial charge in [0, 0.05) is 11.3 Å². The highest BCUT2D eigenvalue weighted by Crippen LogP contribution is 2.38. The third-order valence-corrected chi connectivity index (χ3v) is 4.27. The monoisotopic (exact) mass is 404 g/mol. The Balaban J connectivity index is 2.23. The average Bonchev–Trinajstić information content (AvgIpc) is 2.71. The van der Waals surface area contributed by atoms with Gasteiger partial charge in [0.15, 0.2) is 11.5 Å². The second-order valence-corrected chi connectivity index (χ2v) is 6.61. The van der Waals surface area contributed by atoms with Crippen molar-refractivity contribution < 1.29 is 28.2 Å². The van der Waals surface area contributed by atoms with Crippen LogP contribution in [0, 0.1) is 11.7 Å². The number of rotatable bonds is 8. The molecule has 0 saturated carbocycles. The molecule has 156 valence electrons. The molecule has 29 heavy (non-hydrogen) atoms. The van der Waals surface area contributed by atoms with Gasteiger partial charge in [-0.2, -0.15) is 0 Å². The lowest BCUT2D eigenvalue weighted by Crippen LogP contribution is -2.47. The number of carbonyl (C=O) groups excluding carboxylic acids is 2. The van der Waals surface area contributed by atoms with Crippen molar-refractivity contribution in [2.75, 3.05) is 26.6 Å². The molecule has 0 unspecified atom stereocenters. The standard InChI is InChI=1S/C21H25FN2O5/c1-12(2)18(21(26)23-15-8-6-14(22)7-9-15)24-20(25)13-10-16(27-3)19(29-5)17(11-13)28-4/h6-12,18H,1-5H3,(H,23,26)(H,24,25)/t18-/m1/s1. The van der Waals surface area contributed by atoms with Crippen LogP contribution >= 0.6 is 0 Å². The van der Waals surface area contributed by atoms with Gasteiger partial charge in [0.1, 0.15) is 11.9 Å². The maximum atomic E-state index is 13.0. The number of hydrogen-bond acceptors (Lipinski definition) is 5. The summed E-state index contributed by atoms with van der Waals surface area (Å²) in [5.74, 6) is -0.464. The minimum Gasteiger partial charge on any atom is -0.493 e. The molecule has 0 spiro atoms. The molecule has 0 radical (unpaired) electrons. The summed E-state index contributed by atoms with van der Waals surface area (Å²) in [7, 11) is 4.37. The Morgan fingerprint density at radius 1 is 0.931 bits per heavy atom. The summed E-state index contributed by atoms with van der Waals surface area (Å²) in [5, 5.41) is 5.41. The van der Waals surface area contributed by atoms with Crippen molar-refractivity contribution in [1.29, 1.82) is 0 Å². The minimum absolute atomic E-state index is 0.193. The van der Waals surface area contributed by atoms with Gasteiger partial charge in [0.25, 0.3) is 5.91 Å². The summed E-state index contributed by atoms with van der Waals surface area (Å²) in [6, 6.07) is 7.59. The lowest BCUT2D eigenvalue weighted by atomic mass is 10.0. The van der Waals surface area contributed by atoms with E-state index in [4.69, 9.17) is 14.2 Å². The molecule has 2 aromatic rings. The predicted molar refractivity (Wildman–Crippen MR) is 107 cm³/mol. The number of halogens is 1. The quantitative estimate of drug-likeness (QED) is 0.706. The van der Waals surface area contributed by atoms with E-state index in [1.54, 1.807) is 0 Å². The van der Waals surface area contributed by atoms with Crippen molar-refractivity contribution in [2.24, 2.45) is 5.92 Å². The molecule has 0 saturated heterocycles. The fourth-order valence-corrected chi connectivity index (χ4v) is 2.72. The first-order valence-electron chi connectivity index (χ1n) is 8.98. The lowest BCUT2D eigenvalue weighted by Gasteiger charge is -2.22. The van der Waals surface area contributed by atoms with E-state index < -0.39 is 23.7 Å². The molecule has 0 bridgehead atoms. The highest BCUT2D eigenvalue weighted by molar-refractivity contribution is 6.01. The normalized spacial score (nSPS) is 11.6. The number of ether oxygens (including phenoxy) is 3. The summed E-state index contributed by atoms with van der Waals surface area (Å²) in [4.78, 5) is 25.5. The van der Waals surface area contributed by atoms with Gasteiger partial charge in [0.2, 0.25) is 11.7 Å². The average molecular weight is 404 g/mol. The molecule has 0 aromatic heterocycles. The molecule has 0 aliphatic carbocycles. The zero-order chi connectivity index (χ0) is 21.6. The third-order valence-electron chi connectivity index (χ3n) is 4.27. The van der Waals surface area contributed by atoms with E-state index in [-0.39, 0.29) is 11.5 Å². The molecular formula is C21H25FN2O5. The van der Waals surface area contributed by atoms with Gasteiger partial charge in [0.05, 0.1) is 21.3 Å². The van der Waals surface area contributed by atoms with E-state index in [0.717, 1.165) is 0 Å². The molecule has 2 aromatic carbocycles. The number of hydrogen-bond donors (Lipinski definition) is 2. The highest BCUT2D eigenvalue weighted by Gasteiger charge is 2.26. The highest BCUT2D eigenvalue weighted by atomic mass is 19.1. The Hall–Kier alpha value is -3.29. The van der Waals surface area contributed by atoms with E-state index in [0.29, 0.717) is 22.9 Å². The second kappa shape index (κ2) is 9.77. The Morgan fingerprint density at radius 3 is 1.93 bits per heavy atom. The smallest absolute Gasteiger partial charge is 0.252 e. The summed E-state index contributed by atoms with van der Waals surface area (Å²) in [6.07, 6.45) is 0. The van der Waals surface area contributed by atoms with E-state index in [1.807, 2.05) is 13.8 Å². The molecule has 0 heterocycles. The van der Waals surface area contributed by atoms with E-state index in [9.17, 15) is 14.0 Å². The zero-order valence-corrected chi connectivity index (χ0v) is 17.0. The first-order valence-corrected chi connectivity index (χ1v) is 8.98.